The van der Waals surface area contributed by atoms with Crippen molar-refractivity contribution in [1.29, 1.82) is 0 Å². The summed E-state index contributed by atoms with van der Waals surface area (Å²) in [5, 5.41) is 11.3. The number of hydrogen-bond donors (Lipinski definition) is 1. The molecule has 1 aromatic heterocycles. The molecule has 34 heavy (non-hydrogen) atoms. The number of benzene rings is 2. The van der Waals surface area contributed by atoms with Crippen LogP contribution in [0.3, 0.4) is 0 Å². The fourth-order valence-electron chi connectivity index (χ4n) is 5.06. The zero-order chi connectivity index (χ0) is 23.4. The van der Waals surface area contributed by atoms with E-state index in [-0.39, 0.29) is 0 Å². The predicted octanol–water partition coefficient (Wildman–Crippen LogP) is 2.76. The van der Waals surface area contributed by atoms with Gasteiger partial charge in [-0.25, -0.2) is 4.98 Å². The van der Waals surface area contributed by atoms with E-state index in [1.54, 1.807) is 6.20 Å². The van der Waals surface area contributed by atoms with Gasteiger partial charge < -0.3 is 19.3 Å². The van der Waals surface area contributed by atoms with Gasteiger partial charge in [0.15, 0.2) is 0 Å². The molecule has 180 valence electrons. The number of rotatable bonds is 8. The lowest BCUT2D eigenvalue weighted by atomic mass is 10.0. The number of β-amino-alcohol motifs (C(OH)–C–C–N with tert-alkyl or cyclic N) is 1. The highest BCUT2D eigenvalue weighted by Gasteiger charge is 2.38. The Hall–Kier alpha value is -2.87. The van der Waals surface area contributed by atoms with Crippen molar-refractivity contribution in [3.8, 4) is 5.75 Å². The summed E-state index contributed by atoms with van der Waals surface area (Å²) < 4.78 is 7.83. The van der Waals surface area contributed by atoms with Gasteiger partial charge >= 0.3 is 0 Å². The number of hydrogen-bond acceptors (Lipinski definition) is 6. The molecule has 0 amide bonds. The van der Waals surface area contributed by atoms with Crippen molar-refractivity contribution < 1.29 is 9.84 Å². The molecule has 3 heterocycles. The van der Waals surface area contributed by atoms with Gasteiger partial charge in [0.25, 0.3) is 0 Å². The molecule has 0 aliphatic carbocycles. The fraction of sp³-hybridized carbons (Fsp3) is 0.444. The minimum Gasteiger partial charge on any atom is -0.486 e. The molecule has 0 bridgehead atoms. The number of aromatic nitrogens is 2. The van der Waals surface area contributed by atoms with E-state index in [4.69, 9.17) is 4.74 Å². The second-order valence-electron chi connectivity index (χ2n) is 9.67. The van der Waals surface area contributed by atoms with Crippen molar-refractivity contribution in [1.82, 2.24) is 19.4 Å². The SMILES string of the molecule is Cn1ccnc1COc1ccc(CN2CCC(O)(CN3CCN(c4ccccc4)CC3)C2)cc1. The molecule has 0 saturated carbocycles. The molecule has 2 aromatic carbocycles. The molecular formula is C27H35N5O2. The van der Waals surface area contributed by atoms with Crippen LogP contribution in [0.25, 0.3) is 0 Å². The van der Waals surface area contributed by atoms with Crippen LogP contribution < -0.4 is 9.64 Å². The van der Waals surface area contributed by atoms with Crippen LogP contribution in [0.15, 0.2) is 67.0 Å². The summed E-state index contributed by atoms with van der Waals surface area (Å²) >= 11 is 0. The van der Waals surface area contributed by atoms with E-state index in [1.807, 2.05) is 29.9 Å². The highest BCUT2D eigenvalue weighted by Crippen LogP contribution is 2.26. The first-order valence-electron chi connectivity index (χ1n) is 12.2. The van der Waals surface area contributed by atoms with Crippen molar-refractivity contribution in [3.05, 3.63) is 78.4 Å². The standard InChI is InChI=1S/C27H35N5O2/c1-29-14-12-28-26(29)20-34-25-9-7-23(8-10-25)19-31-13-11-27(33,22-31)21-30-15-17-32(18-16-30)24-5-3-2-4-6-24/h2-10,12,14,33H,11,13,15-22H2,1H3. The molecule has 2 aliphatic heterocycles. The molecule has 7 nitrogen and oxygen atoms in total. The van der Waals surface area contributed by atoms with Gasteiger partial charge in [0.2, 0.25) is 0 Å². The number of nitrogens with zero attached hydrogens (tertiary/aromatic N) is 5. The highest BCUT2D eigenvalue weighted by molar-refractivity contribution is 5.46. The van der Waals surface area contributed by atoms with Crippen LogP contribution in [-0.2, 0) is 20.2 Å². The minimum absolute atomic E-state index is 0.460. The lowest BCUT2D eigenvalue weighted by Gasteiger charge is -2.39. The van der Waals surface area contributed by atoms with Gasteiger partial charge in [-0.3, -0.25) is 9.80 Å². The predicted molar refractivity (Wildman–Crippen MR) is 134 cm³/mol. The zero-order valence-electron chi connectivity index (χ0n) is 20.0. The quantitative estimate of drug-likeness (QED) is 0.557. The van der Waals surface area contributed by atoms with Gasteiger partial charge in [0.1, 0.15) is 18.2 Å². The summed E-state index contributed by atoms with van der Waals surface area (Å²) in [6.45, 7) is 7.74. The Balaban J connectivity index is 1.07. The summed E-state index contributed by atoms with van der Waals surface area (Å²) in [5.41, 5.74) is 1.91. The van der Waals surface area contributed by atoms with Crippen molar-refractivity contribution >= 4 is 5.69 Å². The van der Waals surface area contributed by atoms with Crippen LogP contribution >= 0.6 is 0 Å². The molecule has 1 unspecified atom stereocenters. The van der Waals surface area contributed by atoms with Gasteiger partial charge in [-0.1, -0.05) is 30.3 Å². The third kappa shape index (κ3) is 5.60. The Morgan fingerprint density at radius 1 is 0.941 bits per heavy atom. The third-order valence-electron chi connectivity index (χ3n) is 7.04. The molecule has 5 rings (SSSR count). The number of ether oxygens (including phenoxy) is 1. The van der Waals surface area contributed by atoms with Crippen molar-refractivity contribution in [2.45, 2.75) is 25.2 Å². The average molecular weight is 462 g/mol. The van der Waals surface area contributed by atoms with Gasteiger partial charge in [-0.2, -0.15) is 0 Å². The molecule has 7 heteroatoms. The molecule has 0 spiro atoms. The number of likely N-dealkylation sites (tertiary alicyclic amines) is 1. The largest absolute Gasteiger partial charge is 0.486 e. The van der Waals surface area contributed by atoms with Crippen molar-refractivity contribution in [2.75, 3.05) is 50.7 Å². The molecule has 2 fully saturated rings. The highest BCUT2D eigenvalue weighted by atomic mass is 16.5. The van der Waals surface area contributed by atoms with E-state index in [1.165, 1.54) is 11.3 Å². The fourth-order valence-corrected chi connectivity index (χ4v) is 5.06. The number of imidazole rings is 1. The van der Waals surface area contributed by atoms with Crippen LogP contribution in [0.1, 0.15) is 17.8 Å². The van der Waals surface area contributed by atoms with E-state index < -0.39 is 5.60 Å². The molecule has 0 radical (unpaired) electrons. The monoisotopic (exact) mass is 461 g/mol. The molecule has 3 aromatic rings. The van der Waals surface area contributed by atoms with Crippen LogP contribution in [0.5, 0.6) is 5.75 Å². The Kier molecular flexibility index (Phi) is 6.85. The van der Waals surface area contributed by atoms with Crippen molar-refractivity contribution in [2.24, 2.45) is 7.05 Å². The summed E-state index contributed by atoms with van der Waals surface area (Å²) in [7, 11) is 1.97. The second kappa shape index (κ2) is 10.2. The van der Waals surface area contributed by atoms with Gasteiger partial charge in [0.05, 0.1) is 5.60 Å². The van der Waals surface area contributed by atoms with Gasteiger partial charge in [-0.15, -0.1) is 0 Å². The average Bonchev–Trinajstić information content (AvgIpc) is 3.44. The van der Waals surface area contributed by atoms with E-state index in [0.717, 1.165) is 70.4 Å². The summed E-state index contributed by atoms with van der Waals surface area (Å²) in [6.07, 6.45) is 4.53. The molecular weight excluding hydrogens is 426 g/mol. The van der Waals surface area contributed by atoms with E-state index in [9.17, 15) is 5.11 Å². The molecule has 2 aliphatic rings. The molecule has 2 saturated heterocycles. The number of anilines is 1. The first kappa shape index (κ1) is 22.9. The summed E-state index contributed by atoms with van der Waals surface area (Å²) in [5.74, 6) is 1.75. The normalized spacial score (nSPS) is 21.8. The second-order valence-corrected chi connectivity index (χ2v) is 9.67. The summed E-state index contributed by atoms with van der Waals surface area (Å²) in [4.78, 5) is 11.5. The van der Waals surface area contributed by atoms with E-state index in [0.29, 0.717) is 6.61 Å². The number of piperazine rings is 1. The Labute approximate surface area is 202 Å². The van der Waals surface area contributed by atoms with Crippen LogP contribution in [0.2, 0.25) is 0 Å². The number of aliphatic hydroxyl groups is 1. The zero-order valence-corrected chi connectivity index (χ0v) is 20.0. The van der Waals surface area contributed by atoms with Crippen LogP contribution in [0, 0.1) is 0 Å². The molecule has 1 atom stereocenters. The molecule has 1 N–H and O–H groups in total. The van der Waals surface area contributed by atoms with Gasteiger partial charge in [-0.05, 0) is 36.2 Å². The maximum Gasteiger partial charge on any atom is 0.146 e. The third-order valence-corrected chi connectivity index (χ3v) is 7.04. The lowest BCUT2D eigenvalue weighted by Crippen LogP contribution is -2.52. The lowest BCUT2D eigenvalue weighted by molar-refractivity contribution is 0.00978. The first-order valence-corrected chi connectivity index (χ1v) is 12.2. The van der Waals surface area contributed by atoms with Crippen molar-refractivity contribution in [3.63, 3.8) is 0 Å². The maximum atomic E-state index is 11.3. The number of para-hydroxylation sites is 1. The Morgan fingerprint density at radius 3 is 2.41 bits per heavy atom. The van der Waals surface area contributed by atoms with Crippen LogP contribution in [-0.4, -0.2) is 75.9 Å². The Morgan fingerprint density at radius 2 is 1.71 bits per heavy atom. The van der Waals surface area contributed by atoms with E-state index >= 15 is 0 Å². The minimum atomic E-state index is -0.625. The van der Waals surface area contributed by atoms with Crippen LogP contribution in [0.4, 0.5) is 5.69 Å². The summed E-state index contributed by atoms with van der Waals surface area (Å²) in [6, 6.07) is 18.9. The Bertz CT molecular complexity index is 1050. The maximum absolute atomic E-state index is 11.3. The topological polar surface area (TPSA) is 57.0 Å². The number of aryl methyl sites for hydroxylation is 1. The smallest absolute Gasteiger partial charge is 0.146 e. The van der Waals surface area contributed by atoms with Gasteiger partial charge in [0, 0.05) is 77.5 Å². The first-order chi connectivity index (χ1) is 16.6. The van der Waals surface area contributed by atoms with E-state index in [2.05, 4.69) is 62.1 Å².